The molecule has 0 atom stereocenters. The number of piperidine rings is 1. The van der Waals surface area contributed by atoms with Crippen LogP contribution in [0.5, 0.6) is 0 Å². The lowest BCUT2D eigenvalue weighted by atomic mass is 9.64. The summed E-state index contributed by atoms with van der Waals surface area (Å²) in [6, 6.07) is 4.64. The Morgan fingerprint density at radius 3 is 2.65 bits per heavy atom. The van der Waals surface area contributed by atoms with Gasteiger partial charge in [0.25, 0.3) is 0 Å². The Kier molecular flexibility index (Phi) is 4.80. The summed E-state index contributed by atoms with van der Waals surface area (Å²) < 4.78 is 0. The number of likely N-dealkylation sites (tertiary alicyclic amines) is 1. The molecule has 138 valence electrons. The van der Waals surface area contributed by atoms with E-state index >= 15 is 0 Å². The van der Waals surface area contributed by atoms with Crippen LogP contribution in [0.15, 0.2) is 17.1 Å². The van der Waals surface area contributed by atoms with Crippen LogP contribution in [0.1, 0.15) is 62.6 Å². The topological polar surface area (TPSA) is 27.6 Å². The number of aryl methyl sites for hydroxylation is 1. The standard InChI is InChI=1S/C23H31N3/c1-4-18-15-20-21(25-22(24-3)23(20)10-6-11-23)16-19(18)7-5-12-26-13-8-17(2)9-14-26/h15-17H,4,6,8-14H2,1-3H3,(H,24,25). The minimum atomic E-state index is 0.171. The Morgan fingerprint density at radius 2 is 2.04 bits per heavy atom. The summed E-state index contributed by atoms with van der Waals surface area (Å²) in [5, 5.41) is 3.36. The molecule has 3 aliphatic rings. The summed E-state index contributed by atoms with van der Waals surface area (Å²) in [6.07, 6.45) is 7.40. The predicted molar refractivity (Wildman–Crippen MR) is 109 cm³/mol. The van der Waals surface area contributed by atoms with E-state index in [0.29, 0.717) is 0 Å². The van der Waals surface area contributed by atoms with Crippen molar-refractivity contribution in [2.75, 3.05) is 26.7 Å². The van der Waals surface area contributed by atoms with Crippen molar-refractivity contribution in [1.29, 1.82) is 0 Å². The number of amidine groups is 1. The van der Waals surface area contributed by atoms with Gasteiger partial charge in [-0.1, -0.05) is 38.2 Å². The van der Waals surface area contributed by atoms with Crippen molar-refractivity contribution < 1.29 is 0 Å². The number of hydrogen-bond acceptors (Lipinski definition) is 3. The SMILES string of the molecule is CCc1cc2c(cc1C#CCN1CCC(C)CC1)N=C(NC)C21CCC1. The summed E-state index contributed by atoms with van der Waals surface area (Å²) in [5.41, 5.74) is 5.29. The van der Waals surface area contributed by atoms with Gasteiger partial charge < -0.3 is 5.32 Å². The van der Waals surface area contributed by atoms with Crippen LogP contribution in [-0.4, -0.2) is 37.4 Å². The van der Waals surface area contributed by atoms with Gasteiger partial charge in [-0.3, -0.25) is 4.90 Å². The fourth-order valence-corrected chi connectivity index (χ4v) is 4.67. The fraction of sp³-hybridized carbons (Fsp3) is 0.609. The van der Waals surface area contributed by atoms with Gasteiger partial charge in [0.05, 0.1) is 17.6 Å². The van der Waals surface area contributed by atoms with Crippen molar-refractivity contribution in [2.45, 2.75) is 57.8 Å². The van der Waals surface area contributed by atoms with Gasteiger partial charge in [0.1, 0.15) is 5.84 Å². The molecule has 1 aliphatic carbocycles. The Morgan fingerprint density at radius 1 is 1.27 bits per heavy atom. The molecule has 1 saturated carbocycles. The van der Waals surface area contributed by atoms with Crippen LogP contribution in [0.2, 0.25) is 0 Å². The third-order valence-corrected chi connectivity index (χ3v) is 6.65. The maximum absolute atomic E-state index is 4.92. The Bertz CT molecular complexity index is 769. The average Bonchev–Trinajstić information content (AvgIpc) is 2.96. The second-order valence-corrected chi connectivity index (χ2v) is 8.29. The molecule has 1 spiro atoms. The summed E-state index contributed by atoms with van der Waals surface area (Å²) in [5.74, 6) is 8.94. The van der Waals surface area contributed by atoms with E-state index in [1.807, 2.05) is 7.05 Å². The molecular formula is C23H31N3. The van der Waals surface area contributed by atoms with Gasteiger partial charge in [0, 0.05) is 12.6 Å². The zero-order valence-corrected chi connectivity index (χ0v) is 16.5. The first-order valence-electron chi connectivity index (χ1n) is 10.3. The van der Waals surface area contributed by atoms with E-state index in [4.69, 9.17) is 4.99 Å². The number of rotatable bonds is 2. The maximum Gasteiger partial charge on any atom is 0.113 e. The van der Waals surface area contributed by atoms with E-state index in [2.05, 4.69) is 48.0 Å². The molecule has 1 saturated heterocycles. The zero-order chi connectivity index (χ0) is 18.1. The number of nitrogens with zero attached hydrogens (tertiary/aromatic N) is 2. The molecule has 2 aliphatic heterocycles. The van der Waals surface area contributed by atoms with Crippen molar-refractivity contribution >= 4 is 11.5 Å². The highest BCUT2D eigenvalue weighted by molar-refractivity contribution is 6.01. The quantitative estimate of drug-likeness (QED) is 0.817. The Hall–Kier alpha value is -1.79. The lowest BCUT2D eigenvalue weighted by Gasteiger charge is -2.40. The van der Waals surface area contributed by atoms with E-state index in [-0.39, 0.29) is 5.41 Å². The normalized spacial score (nSPS) is 21.6. The van der Waals surface area contributed by atoms with Gasteiger partial charge in [-0.15, -0.1) is 0 Å². The molecule has 0 aromatic heterocycles. The fourth-order valence-electron chi connectivity index (χ4n) is 4.67. The smallest absolute Gasteiger partial charge is 0.113 e. The van der Waals surface area contributed by atoms with Crippen LogP contribution in [-0.2, 0) is 11.8 Å². The molecule has 26 heavy (non-hydrogen) atoms. The molecule has 4 rings (SSSR count). The Labute approximate surface area is 158 Å². The van der Waals surface area contributed by atoms with Crippen molar-refractivity contribution in [3.05, 3.63) is 28.8 Å². The van der Waals surface area contributed by atoms with Crippen LogP contribution >= 0.6 is 0 Å². The second kappa shape index (κ2) is 7.08. The van der Waals surface area contributed by atoms with Crippen molar-refractivity contribution in [2.24, 2.45) is 10.9 Å². The molecule has 0 unspecified atom stereocenters. The van der Waals surface area contributed by atoms with Crippen LogP contribution in [0.4, 0.5) is 5.69 Å². The number of aliphatic imine (C=N–C) groups is 1. The first-order chi connectivity index (χ1) is 12.7. The number of fused-ring (bicyclic) bond motifs is 2. The summed E-state index contributed by atoms with van der Waals surface area (Å²) in [4.78, 5) is 7.41. The van der Waals surface area contributed by atoms with Gasteiger partial charge in [-0.2, -0.15) is 0 Å². The molecule has 0 bridgehead atoms. The lowest BCUT2D eigenvalue weighted by Crippen LogP contribution is -2.45. The van der Waals surface area contributed by atoms with E-state index < -0.39 is 0 Å². The van der Waals surface area contributed by atoms with Crippen LogP contribution in [0.3, 0.4) is 0 Å². The third kappa shape index (κ3) is 2.95. The minimum absolute atomic E-state index is 0.171. The molecular weight excluding hydrogens is 318 g/mol. The van der Waals surface area contributed by atoms with Gasteiger partial charge >= 0.3 is 0 Å². The van der Waals surface area contributed by atoms with Crippen LogP contribution in [0, 0.1) is 17.8 Å². The summed E-state index contributed by atoms with van der Waals surface area (Å²) >= 11 is 0. The first kappa shape index (κ1) is 17.6. The summed E-state index contributed by atoms with van der Waals surface area (Å²) in [6.45, 7) is 7.87. The van der Waals surface area contributed by atoms with Crippen LogP contribution in [0.25, 0.3) is 0 Å². The van der Waals surface area contributed by atoms with Crippen molar-refractivity contribution in [3.63, 3.8) is 0 Å². The highest BCUT2D eigenvalue weighted by Crippen LogP contribution is 2.52. The monoisotopic (exact) mass is 349 g/mol. The largest absolute Gasteiger partial charge is 0.376 e. The third-order valence-electron chi connectivity index (χ3n) is 6.65. The minimum Gasteiger partial charge on any atom is -0.376 e. The molecule has 2 heterocycles. The highest BCUT2D eigenvalue weighted by atomic mass is 15.1. The number of likely N-dealkylation sites (N-methyl/N-ethyl adjacent to an activating group) is 1. The van der Waals surface area contributed by atoms with E-state index in [1.54, 1.807) is 0 Å². The molecule has 1 aromatic carbocycles. The molecule has 0 amide bonds. The predicted octanol–water partition coefficient (Wildman–Crippen LogP) is 4.02. The van der Waals surface area contributed by atoms with E-state index in [9.17, 15) is 0 Å². The van der Waals surface area contributed by atoms with Crippen molar-refractivity contribution in [1.82, 2.24) is 10.2 Å². The molecule has 3 heteroatoms. The molecule has 3 nitrogen and oxygen atoms in total. The zero-order valence-electron chi connectivity index (χ0n) is 16.5. The molecule has 0 radical (unpaired) electrons. The maximum atomic E-state index is 4.92. The number of nitrogens with one attached hydrogen (secondary N) is 1. The average molecular weight is 350 g/mol. The first-order valence-corrected chi connectivity index (χ1v) is 10.3. The molecule has 2 fully saturated rings. The highest BCUT2D eigenvalue weighted by Gasteiger charge is 2.48. The Balaban J connectivity index is 1.57. The van der Waals surface area contributed by atoms with Crippen LogP contribution < -0.4 is 5.32 Å². The second-order valence-electron chi connectivity index (χ2n) is 8.29. The van der Waals surface area contributed by atoms with Gasteiger partial charge in [0.15, 0.2) is 0 Å². The summed E-state index contributed by atoms with van der Waals surface area (Å²) in [7, 11) is 2.01. The molecule has 1 aromatic rings. The van der Waals surface area contributed by atoms with Crippen molar-refractivity contribution in [3.8, 4) is 11.8 Å². The van der Waals surface area contributed by atoms with Gasteiger partial charge in [-0.05, 0) is 68.3 Å². The van der Waals surface area contributed by atoms with E-state index in [0.717, 1.165) is 30.4 Å². The number of benzene rings is 1. The van der Waals surface area contributed by atoms with E-state index in [1.165, 1.54) is 61.9 Å². The van der Waals surface area contributed by atoms with Gasteiger partial charge in [-0.25, -0.2) is 4.99 Å². The van der Waals surface area contributed by atoms with Gasteiger partial charge in [0.2, 0.25) is 0 Å². The number of hydrogen-bond donors (Lipinski definition) is 1. The lowest BCUT2D eigenvalue weighted by molar-refractivity contribution is 0.213. The molecule has 1 N–H and O–H groups in total.